The average Bonchev–Trinajstić information content (AvgIpc) is 2.46. The molecule has 1 heterocycles. The van der Waals surface area contributed by atoms with Crippen molar-refractivity contribution in [3.8, 4) is 0 Å². The molecule has 0 radical (unpaired) electrons. The third-order valence-electron chi connectivity index (χ3n) is 3.87. The lowest BCUT2D eigenvalue weighted by atomic mass is 9.81. The molecule has 0 aromatic heterocycles. The molecule has 0 amide bonds. The third-order valence-corrected chi connectivity index (χ3v) is 3.87. The van der Waals surface area contributed by atoms with Crippen LogP contribution in [0.1, 0.15) is 58.3 Å². The minimum atomic E-state index is 0.344. The topological polar surface area (TPSA) is 12.0 Å². The molecule has 2 aliphatic rings. The highest BCUT2D eigenvalue weighted by Crippen LogP contribution is 2.32. The van der Waals surface area contributed by atoms with Crippen LogP contribution in [0, 0.1) is 0 Å². The van der Waals surface area contributed by atoms with Crippen LogP contribution in [-0.4, -0.2) is 12.1 Å². The number of hydrogen-bond donors (Lipinski definition) is 1. The molecule has 1 unspecified atom stereocenters. The molecule has 0 aromatic carbocycles. The third kappa shape index (κ3) is 2.20. The summed E-state index contributed by atoms with van der Waals surface area (Å²) in [4.78, 5) is 0. The minimum Gasteiger partial charge on any atom is -0.308 e. The van der Waals surface area contributed by atoms with Gasteiger partial charge < -0.3 is 5.32 Å². The van der Waals surface area contributed by atoms with Crippen molar-refractivity contribution in [3.05, 3.63) is 11.6 Å². The molecule has 1 aliphatic heterocycles. The number of nitrogens with one attached hydrogen (secondary N) is 1. The van der Waals surface area contributed by atoms with Crippen LogP contribution < -0.4 is 5.32 Å². The highest BCUT2D eigenvalue weighted by Gasteiger charge is 2.29. The van der Waals surface area contributed by atoms with Crippen LogP contribution in [0.3, 0.4) is 0 Å². The van der Waals surface area contributed by atoms with Crippen molar-refractivity contribution in [2.24, 2.45) is 0 Å². The Labute approximate surface area is 88.0 Å². The summed E-state index contributed by atoms with van der Waals surface area (Å²) in [6.45, 7) is 3.63. The highest BCUT2D eigenvalue weighted by molar-refractivity contribution is 5.20. The van der Waals surface area contributed by atoms with Crippen LogP contribution in [0.2, 0.25) is 0 Å². The van der Waals surface area contributed by atoms with Gasteiger partial charge in [0, 0.05) is 5.54 Å². The molecule has 80 valence electrons. The molecule has 0 bridgehead atoms. The Hall–Kier alpha value is -0.300. The number of allylic oxidation sites excluding steroid dienone is 1. The number of rotatable bonds is 1. The van der Waals surface area contributed by atoms with Crippen LogP contribution in [0.4, 0.5) is 0 Å². The van der Waals surface area contributed by atoms with Crippen LogP contribution >= 0.6 is 0 Å². The van der Waals surface area contributed by atoms with Gasteiger partial charge in [-0.05, 0) is 52.0 Å². The molecule has 14 heavy (non-hydrogen) atoms. The van der Waals surface area contributed by atoms with E-state index < -0.39 is 0 Å². The largest absolute Gasteiger partial charge is 0.308 e. The molecule has 1 aliphatic carbocycles. The van der Waals surface area contributed by atoms with Crippen molar-refractivity contribution < 1.29 is 0 Å². The molecule has 1 saturated heterocycles. The average molecular weight is 193 g/mol. The first-order chi connectivity index (χ1) is 6.81. The monoisotopic (exact) mass is 193 g/mol. The molecule has 0 spiro atoms. The van der Waals surface area contributed by atoms with Crippen LogP contribution in [-0.2, 0) is 0 Å². The summed E-state index contributed by atoms with van der Waals surface area (Å²) in [6.07, 6.45) is 13.5. The van der Waals surface area contributed by atoms with E-state index in [1.807, 2.05) is 0 Å². The van der Waals surface area contributed by atoms with Gasteiger partial charge in [-0.1, -0.05) is 24.5 Å². The summed E-state index contributed by atoms with van der Waals surface area (Å²) in [7, 11) is 0. The van der Waals surface area contributed by atoms with E-state index in [9.17, 15) is 0 Å². The SMILES string of the molecule is CC1(C2=CCCCC2)CCCCCN1. The minimum absolute atomic E-state index is 0.344. The summed E-state index contributed by atoms with van der Waals surface area (Å²) >= 11 is 0. The predicted octanol–water partition coefficient (Wildman–Crippen LogP) is 3.41. The Balaban J connectivity index is 2.07. The van der Waals surface area contributed by atoms with Gasteiger partial charge >= 0.3 is 0 Å². The van der Waals surface area contributed by atoms with Crippen molar-refractivity contribution >= 4 is 0 Å². The van der Waals surface area contributed by atoms with E-state index in [-0.39, 0.29) is 0 Å². The van der Waals surface area contributed by atoms with Crippen molar-refractivity contribution in [1.29, 1.82) is 0 Å². The summed E-state index contributed by atoms with van der Waals surface area (Å²) in [6, 6.07) is 0. The van der Waals surface area contributed by atoms with Crippen molar-refractivity contribution in [2.45, 2.75) is 63.8 Å². The first-order valence-corrected chi connectivity index (χ1v) is 6.26. The summed E-state index contributed by atoms with van der Waals surface area (Å²) in [5.41, 5.74) is 2.04. The van der Waals surface area contributed by atoms with Gasteiger partial charge in [-0.25, -0.2) is 0 Å². The zero-order chi connectivity index (χ0) is 9.86. The zero-order valence-electron chi connectivity index (χ0n) is 9.44. The first kappa shape index (κ1) is 10.2. The van der Waals surface area contributed by atoms with Crippen LogP contribution in [0.5, 0.6) is 0 Å². The zero-order valence-corrected chi connectivity index (χ0v) is 9.44. The van der Waals surface area contributed by atoms with Gasteiger partial charge in [-0.15, -0.1) is 0 Å². The fourth-order valence-corrected chi connectivity index (χ4v) is 2.85. The fraction of sp³-hybridized carbons (Fsp3) is 0.846. The summed E-state index contributed by atoms with van der Waals surface area (Å²) in [5, 5.41) is 3.76. The van der Waals surface area contributed by atoms with Crippen molar-refractivity contribution in [2.75, 3.05) is 6.54 Å². The van der Waals surface area contributed by atoms with E-state index in [0.717, 1.165) is 0 Å². The maximum Gasteiger partial charge on any atom is 0.0365 e. The Morgan fingerprint density at radius 1 is 1.14 bits per heavy atom. The second-order valence-electron chi connectivity index (χ2n) is 5.04. The van der Waals surface area contributed by atoms with E-state index in [2.05, 4.69) is 18.3 Å². The normalized spacial score (nSPS) is 34.8. The van der Waals surface area contributed by atoms with E-state index in [1.54, 1.807) is 5.57 Å². The van der Waals surface area contributed by atoms with Gasteiger partial charge in [-0.2, -0.15) is 0 Å². The Kier molecular flexibility index (Phi) is 3.27. The maximum atomic E-state index is 3.76. The summed E-state index contributed by atoms with van der Waals surface area (Å²) in [5.74, 6) is 0. The molecule has 1 heteroatoms. The van der Waals surface area contributed by atoms with E-state index >= 15 is 0 Å². The van der Waals surface area contributed by atoms with Gasteiger partial charge in [0.05, 0.1) is 0 Å². The quantitative estimate of drug-likeness (QED) is 0.629. The summed E-state index contributed by atoms with van der Waals surface area (Å²) < 4.78 is 0. The van der Waals surface area contributed by atoms with E-state index in [1.165, 1.54) is 57.9 Å². The van der Waals surface area contributed by atoms with Gasteiger partial charge in [0.25, 0.3) is 0 Å². The van der Waals surface area contributed by atoms with Crippen LogP contribution in [0.25, 0.3) is 0 Å². The first-order valence-electron chi connectivity index (χ1n) is 6.26. The maximum absolute atomic E-state index is 3.76. The molecular formula is C13H23N. The van der Waals surface area contributed by atoms with Crippen molar-refractivity contribution in [3.63, 3.8) is 0 Å². The molecule has 2 rings (SSSR count). The van der Waals surface area contributed by atoms with Gasteiger partial charge in [0.2, 0.25) is 0 Å². The van der Waals surface area contributed by atoms with E-state index in [0.29, 0.717) is 5.54 Å². The smallest absolute Gasteiger partial charge is 0.0365 e. The lowest BCUT2D eigenvalue weighted by Gasteiger charge is -2.34. The molecule has 1 nitrogen and oxygen atoms in total. The lowest BCUT2D eigenvalue weighted by Crippen LogP contribution is -2.43. The molecule has 1 N–H and O–H groups in total. The fourth-order valence-electron chi connectivity index (χ4n) is 2.85. The molecule has 0 saturated carbocycles. The van der Waals surface area contributed by atoms with Gasteiger partial charge in [0.1, 0.15) is 0 Å². The standard InChI is InChI=1S/C13H23N/c1-13(10-6-3-7-11-14-13)12-8-4-2-5-9-12/h8,14H,2-7,9-11H2,1H3. The second kappa shape index (κ2) is 4.48. The van der Waals surface area contributed by atoms with Gasteiger partial charge in [0.15, 0.2) is 0 Å². The van der Waals surface area contributed by atoms with Crippen LogP contribution in [0.15, 0.2) is 11.6 Å². The van der Waals surface area contributed by atoms with Crippen molar-refractivity contribution in [1.82, 2.24) is 5.32 Å². The Morgan fingerprint density at radius 2 is 2.07 bits per heavy atom. The molecular weight excluding hydrogens is 170 g/mol. The predicted molar refractivity (Wildman–Crippen MR) is 61.4 cm³/mol. The molecule has 1 atom stereocenters. The number of hydrogen-bond acceptors (Lipinski definition) is 1. The van der Waals surface area contributed by atoms with E-state index in [4.69, 9.17) is 0 Å². The lowest BCUT2D eigenvalue weighted by molar-refractivity contribution is 0.386. The molecule has 0 aromatic rings. The molecule has 1 fully saturated rings. The Bertz CT molecular complexity index is 209. The Morgan fingerprint density at radius 3 is 2.86 bits per heavy atom. The highest BCUT2D eigenvalue weighted by atomic mass is 15.0. The van der Waals surface area contributed by atoms with Gasteiger partial charge in [-0.3, -0.25) is 0 Å². The second-order valence-corrected chi connectivity index (χ2v) is 5.04.